The lowest BCUT2D eigenvalue weighted by molar-refractivity contribution is 0.0674. The van der Waals surface area contributed by atoms with E-state index in [-0.39, 0.29) is 5.41 Å². The van der Waals surface area contributed by atoms with Gasteiger partial charge in [-0.15, -0.1) is 0 Å². The SMILES string of the molecule is CC(C)(C)c1ccc(CCN2CC(C3CS(=O)(=O)C3)C2)cc1. The van der Waals surface area contributed by atoms with Crippen LogP contribution in [0.25, 0.3) is 0 Å². The zero-order valence-corrected chi connectivity index (χ0v) is 14.7. The van der Waals surface area contributed by atoms with Crippen molar-refractivity contribution in [1.29, 1.82) is 0 Å². The third-order valence-corrected chi connectivity index (χ3v) is 7.00. The predicted molar refractivity (Wildman–Crippen MR) is 90.9 cm³/mol. The van der Waals surface area contributed by atoms with Gasteiger partial charge in [0.25, 0.3) is 0 Å². The number of hydrogen-bond donors (Lipinski definition) is 0. The summed E-state index contributed by atoms with van der Waals surface area (Å²) in [5, 5.41) is 0. The maximum absolute atomic E-state index is 11.2. The van der Waals surface area contributed by atoms with Crippen LogP contribution in [0.5, 0.6) is 0 Å². The molecule has 0 aliphatic carbocycles. The highest BCUT2D eigenvalue weighted by atomic mass is 32.2. The predicted octanol–water partition coefficient (Wildman–Crippen LogP) is 2.50. The molecule has 0 saturated carbocycles. The lowest BCUT2D eigenvalue weighted by Crippen LogP contribution is -2.56. The molecule has 122 valence electrons. The van der Waals surface area contributed by atoms with Gasteiger partial charge in [0.15, 0.2) is 9.84 Å². The topological polar surface area (TPSA) is 37.4 Å². The van der Waals surface area contributed by atoms with Gasteiger partial charge in [-0.05, 0) is 34.8 Å². The number of sulfone groups is 1. The fraction of sp³-hybridized carbons (Fsp3) is 0.667. The number of nitrogens with zero attached hydrogens (tertiary/aromatic N) is 1. The van der Waals surface area contributed by atoms with E-state index in [4.69, 9.17) is 0 Å². The summed E-state index contributed by atoms with van der Waals surface area (Å²) in [5.41, 5.74) is 2.99. The van der Waals surface area contributed by atoms with Crippen molar-refractivity contribution in [1.82, 2.24) is 4.90 Å². The quantitative estimate of drug-likeness (QED) is 0.855. The van der Waals surface area contributed by atoms with E-state index in [1.54, 1.807) is 0 Å². The summed E-state index contributed by atoms with van der Waals surface area (Å²) < 4.78 is 22.4. The summed E-state index contributed by atoms with van der Waals surface area (Å²) in [6, 6.07) is 8.98. The Hall–Kier alpha value is -0.870. The van der Waals surface area contributed by atoms with Gasteiger partial charge in [0, 0.05) is 19.6 Å². The Labute approximate surface area is 134 Å². The van der Waals surface area contributed by atoms with Crippen LogP contribution in [-0.4, -0.2) is 44.5 Å². The Morgan fingerprint density at radius 1 is 1.05 bits per heavy atom. The van der Waals surface area contributed by atoms with Crippen molar-refractivity contribution in [3.63, 3.8) is 0 Å². The summed E-state index contributed by atoms with van der Waals surface area (Å²) in [5.74, 6) is 1.92. The Kier molecular flexibility index (Phi) is 4.11. The fourth-order valence-corrected chi connectivity index (χ4v) is 5.18. The normalized spacial score (nSPS) is 23.0. The smallest absolute Gasteiger partial charge is 0.150 e. The zero-order chi connectivity index (χ0) is 16.0. The van der Waals surface area contributed by atoms with Gasteiger partial charge < -0.3 is 4.90 Å². The Morgan fingerprint density at radius 2 is 1.64 bits per heavy atom. The summed E-state index contributed by atoms with van der Waals surface area (Å²) in [6.45, 7) is 9.97. The van der Waals surface area contributed by atoms with Crippen LogP contribution in [0.3, 0.4) is 0 Å². The first kappa shape index (κ1) is 16.0. The van der Waals surface area contributed by atoms with Crippen LogP contribution in [-0.2, 0) is 21.7 Å². The Bertz CT molecular complexity index is 610. The second-order valence-electron chi connectivity index (χ2n) is 8.05. The molecule has 0 atom stereocenters. The van der Waals surface area contributed by atoms with E-state index in [0.29, 0.717) is 23.3 Å². The van der Waals surface area contributed by atoms with Crippen LogP contribution >= 0.6 is 0 Å². The van der Waals surface area contributed by atoms with Crippen LogP contribution in [0.2, 0.25) is 0 Å². The minimum Gasteiger partial charge on any atom is -0.302 e. The minimum absolute atomic E-state index is 0.215. The summed E-state index contributed by atoms with van der Waals surface area (Å²) >= 11 is 0. The van der Waals surface area contributed by atoms with Crippen LogP contribution < -0.4 is 0 Å². The molecule has 2 heterocycles. The molecule has 4 heteroatoms. The van der Waals surface area contributed by atoms with Crippen molar-refractivity contribution in [2.24, 2.45) is 11.8 Å². The largest absolute Gasteiger partial charge is 0.302 e. The van der Waals surface area contributed by atoms with Crippen molar-refractivity contribution in [3.8, 4) is 0 Å². The van der Waals surface area contributed by atoms with Gasteiger partial charge in [0.05, 0.1) is 11.5 Å². The molecule has 0 aromatic heterocycles. The van der Waals surface area contributed by atoms with E-state index < -0.39 is 9.84 Å². The van der Waals surface area contributed by atoms with Gasteiger partial charge in [0.1, 0.15) is 0 Å². The third-order valence-electron chi connectivity index (χ3n) is 5.12. The Balaban J connectivity index is 1.41. The number of benzene rings is 1. The van der Waals surface area contributed by atoms with E-state index in [2.05, 4.69) is 49.9 Å². The highest BCUT2D eigenvalue weighted by molar-refractivity contribution is 7.92. The second-order valence-corrected chi connectivity index (χ2v) is 10.2. The average Bonchev–Trinajstić information content (AvgIpc) is 2.34. The van der Waals surface area contributed by atoms with Crippen LogP contribution in [0.4, 0.5) is 0 Å². The molecule has 3 rings (SSSR count). The van der Waals surface area contributed by atoms with Crippen molar-refractivity contribution in [2.45, 2.75) is 32.6 Å². The van der Waals surface area contributed by atoms with Crippen molar-refractivity contribution in [2.75, 3.05) is 31.1 Å². The number of likely N-dealkylation sites (tertiary alicyclic amines) is 1. The zero-order valence-electron chi connectivity index (χ0n) is 13.9. The maximum Gasteiger partial charge on any atom is 0.150 e. The summed E-state index contributed by atoms with van der Waals surface area (Å²) in [6.07, 6.45) is 1.08. The van der Waals surface area contributed by atoms with Gasteiger partial charge in [-0.3, -0.25) is 0 Å². The summed E-state index contributed by atoms with van der Waals surface area (Å²) in [4.78, 5) is 2.45. The standard InChI is InChI=1S/C18H27NO2S/c1-18(2,3)17-6-4-14(5-7-17)8-9-19-10-15(11-19)16-12-22(20,21)13-16/h4-7,15-16H,8-13H2,1-3H3. The molecule has 22 heavy (non-hydrogen) atoms. The molecule has 0 N–H and O–H groups in total. The molecule has 2 aliphatic rings. The van der Waals surface area contributed by atoms with Gasteiger partial charge in [0.2, 0.25) is 0 Å². The molecular formula is C18H27NO2S. The lowest BCUT2D eigenvalue weighted by Gasteiger charge is -2.46. The molecule has 1 aromatic carbocycles. The second kappa shape index (κ2) is 5.64. The lowest BCUT2D eigenvalue weighted by atomic mass is 9.86. The molecule has 2 fully saturated rings. The van der Waals surface area contributed by atoms with Crippen molar-refractivity contribution in [3.05, 3.63) is 35.4 Å². The minimum atomic E-state index is -2.66. The first-order valence-electron chi connectivity index (χ1n) is 8.25. The molecule has 1 aromatic rings. The molecule has 0 unspecified atom stereocenters. The van der Waals surface area contributed by atoms with Crippen molar-refractivity contribution >= 4 is 9.84 Å². The molecular weight excluding hydrogens is 294 g/mol. The van der Waals surface area contributed by atoms with E-state index in [0.717, 1.165) is 26.1 Å². The fourth-order valence-electron chi connectivity index (χ4n) is 3.42. The molecule has 0 bridgehead atoms. The number of rotatable bonds is 4. The molecule has 2 saturated heterocycles. The highest BCUT2D eigenvalue weighted by Gasteiger charge is 2.43. The van der Waals surface area contributed by atoms with E-state index in [1.165, 1.54) is 11.1 Å². The number of hydrogen-bond acceptors (Lipinski definition) is 3. The maximum atomic E-state index is 11.2. The molecule has 2 aliphatic heterocycles. The van der Waals surface area contributed by atoms with Gasteiger partial charge >= 0.3 is 0 Å². The molecule has 3 nitrogen and oxygen atoms in total. The van der Waals surface area contributed by atoms with E-state index in [1.807, 2.05) is 0 Å². The monoisotopic (exact) mass is 321 g/mol. The van der Waals surface area contributed by atoms with E-state index in [9.17, 15) is 8.42 Å². The van der Waals surface area contributed by atoms with E-state index >= 15 is 0 Å². The van der Waals surface area contributed by atoms with Gasteiger partial charge in [-0.1, -0.05) is 45.0 Å². The molecule has 0 amide bonds. The van der Waals surface area contributed by atoms with Gasteiger partial charge in [-0.2, -0.15) is 0 Å². The molecule has 0 radical (unpaired) electrons. The van der Waals surface area contributed by atoms with Crippen molar-refractivity contribution < 1.29 is 8.42 Å². The Morgan fingerprint density at radius 3 is 2.14 bits per heavy atom. The average molecular weight is 321 g/mol. The third kappa shape index (κ3) is 3.54. The van der Waals surface area contributed by atoms with Crippen LogP contribution in [0, 0.1) is 11.8 Å². The van der Waals surface area contributed by atoms with Crippen LogP contribution in [0.15, 0.2) is 24.3 Å². The molecule has 0 spiro atoms. The highest BCUT2D eigenvalue weighted by Crippen LogP contribution is 2.32. The first-order chi connectivity index (χ1) is 10.2. The summed E-state index contributed by atoms with van der Waals surface area (Å²) in [7, 11) is -2.66. The first-order valence-corrected chi connectivity index (χ1v) is 10.1. The van der Waals surface area contributed by atoms with Gasteiger partial charge in [-0.25, -0.2) is 8.42 Å². The van der Waals surface area contributed by atoms with Crippen LogP contribution in [0.1, 0.15) is 31.9 Å².